The van der Waals surface area contributed by atoms with Crippen molar-refractivity contribution < 1.29 is 9.59 Å². The largest absolute Gasteiger partial charge is 0.354 e. The zero-order valence-electron chi connectivity index (χ0n) is 20.5. The van der Waals surface area contributed by atoms with Crippen molar-refractivity contribution in [1.29, 1.82) is 5.26 Å². The quantitative estimate of drug-likeness (QED) is 0.480. The average Bonchev–Trinajstić information content (AvgIpc) is 3.35. The van der Waals surface area contributed by atoms with Crippen molar-refractivity contribution in [3.05, 3.63) is 71.8 Å². The first-order valence-corrected chi connectivity index (χ1v) is 12.6. The summed E-state index contributed by atoms with van der Waals surface area (Å²) in [6.45, 7) is 5.40. The molecule has 2 aromatic rings. The number of benzene rings is 2. The third-order valence-corrected chi connectivity index (χ3v) is 7.12. The Kier molecular flexibility index (Phi) is 9.27. The molecule has 0 bridgehead atoms. The molecule has 0 unspecified atom stereocenters. The van der Waals surface area contributed by atoms with Crippen LogP contribution in [0.2, 0.25) is 0 Å². The standard InChI is InChI=1S/C29H37N3O2/c1-23(2)29(22-30,25-14-7-4-8-15-25)19-10-9-17-27(33)32-21-11-16-26(32)28(34)31-20-18-24-12-5-3-6-13-24/h3-8,12-15,23,26H,9-11,16-21H2,1-2H3,(H,31,34)/t26-,29+/m1/s1. The molecular weight excluding hydrogens is 422 g/mol. The van der Waals surface area contributed by atoms with Gasteiger partial charge >= 0.3 is 0 Å². The van der Waals surface area contributed by atoms with Crippen LogP contribution in [0, 0.1) is 17.2 Å². The molecule has 2 aromatic carbocycles. The number of rotatable bonds is 11. The maximum absolute atomic E-state index is 12.9. The van der Waals surface area contributed by atoms with Gasteiger partial charge in [-0.25, -0.2) is 0 Å². The van der Waals surface area contributed by atoms with Gasteiger partial charge < -0.3 is 10.2 Å². The molecule has 0 radical (unpaired) electrons. The fourth-order valence-electron chi connectivity index (χ4n) is 5.01. The van der Waals surface area contributed by atoms with E-state index in [1.165, 1.54) is 5.56 Å². The fourth-order valence-corrected chi connectivity index (χ4v) is 5.01. The van der Waals surface area contributed by atoms with Crippen LogP contribution in [0.1, 0.15) is 63.5 Å². The lowest BCUT2D eigenvalue weighted by atomic mass is 9.69. The van der Waals surface area contributed by atoms with E-state index in [9.17, 15) is 14.9 Å². The Morgan fingerprint density at radius 2 is 1.76 bits per heavy atom. The minimum absolute atomic E-state index is 0.0471. The minimum atomic E-state index is -0.543. The van der Waals surface area contributed by atoms with Crippen LogP contribution in [-0.2, 0) is 21.4 Å². The van der Waals surface area contributed by atoms with Gasteiger partial charge in [0.25, 0.3) is 0 Å². The summed E-state index contributed by atoms with van der Waals surface area (Å²) in [6, 6.07) is 22.3. The molecule has 2 amide bonds. The highest BCUT2D eigenvalue weighted by Crippen LogP contribution is 2.37. The van der Waals surface area contributed by atoms with Crippen LogP contribution in [0.3, 0.4) is 0 Å². The smallest absolute Gasteiger partial charge is 0.242 e. The Labute approximate surface area is 204 Å². The maximum Gasteiger partial charge on any atom is 0.242 e. The van der Waals surface area contributed by atoms with Gasteiger partial charge in [0.15, 0.2) is 0 Å². The van der Waals surface area contributed by atoms with Crippen molar-refractivity contribution in [2.45, 2.75) is 70.3 Å². The molecule has 0 saturated carbocycles. The van der Waals surface area contributed by atoms with Gasteiger partial charge in [0.05, 0.1) is 11.5 Å². The van der Waals surface area contributed by atoms with E-state index in [0.717, 1.165) is 44.1 Å². The van der Waals surface area contributed by atoms with Crippen molar-refractivity contribution in [1.82, 2.24) is 10.2 Å². The van der Waals surface area contributed by atoms with E-state index in [-0.39, 0.29) is 23.8 Å². The summed E-state index contributed by atoms with van der Waals surface area (Å²) in [4.78, 5) is 27.4. The number of carbonyl (C=O) groups is 2. The highest BCUT2D eigenvalue weighted by atomic mass is 16.2. The molecule has 1 saturated heterocycles. The van der Waals surface area contributed by atoms with E-state index >= 15 is 0 Å². The van der Waals surface area contributed by atoms with Gasteiger partial charge in [-0.1, -0.05) is 80.9 Å². The first-order chi connectivity index (χ1) is 16.5. The molecule has 3 rings (SSSR count). The zero-order chi connectivity index (χ0) is 24.4. The minimum Gasteiger partial charge on any atom is -0.354 e. The van der Waals surface area contributed by atoms with Crippen molar-refractivity contribution in [3.8, 4) is 6.07 Å². The van der Waals surface area contributed by atoms with Crippen LogP contribution in [-0.4, -0.2) is 35.8 Å². The van der Waals surface area contributed by atoms with Crippen LogP contribution in [0.25, 0.3) is 0 Å². The van der Waals surface area contributed by atoms with Crippen LogP contribution < -0.4 is 5.32 Å². The highest BCUT2D eigenvalue weighted by Gasteiger charge is 2.36. The Morgan fingerprint density at radius 1 is 1.09 bits per heavy atom. The lowest BCUT2D eigenvalue weighted by molar-refractivity contribution is -0.138. The van der Waals surface area contributed by atoms with Crippen molar-refractivity contribution in [2.24, 2.45) is 5.92 Å². The van der Waals surface area contributed by atoms with Crippen LogP contribution in [0.15, 0.2) is 60.7 Å². The van der Waals surface area contributed by atoms with Crippen LogP contribution in [0.5, 0.6) is 0 Å². The average molecular weight is 460 g/mol. The van der Waals surface area contributed by atoms with E-state index in [4.69, 9.17) is 0 Å². The summed E-state index contributed by atoms with van der Waals surface area (Å²) in [6.07, 6.45) is 5.03. The second kappa shape index (κ2) is 12.4. The summed E-state index contributed by atoms with van der Waals surface area (Å²) in [5, 5.41) is 13.1. The Morgan fingerprint density at radius 3 is 2.41 bits per heavy atom. The first-order valence-electron chi connectivity index (χ1n) is 12.6. The normalized spacial score (nSPS) is 17.2. The molecule has 0 aromatic heterocycles. The molecule has 2 atom stereocenters. The summed E-state index contributed by atoms with van der Waals surface area (Å²) in [7, 11) is 0. The molecule has 1 heterocycles. The van der Waals surface area contributed by atoms with E-state index in [0.29, 0.717) is 19.5 Å². The Hall–Kier alpha value is -3.13. The SMILES string of the molecule is CC(C)[C@@](C#N)(CCCCC(=O)N1CCC[C@@H]1C(=O)NCCc1ccccc1)c1ccccc1. The number of nitrogens with one attached hydrogen (secondary N) is 1. The molecule has 5 nitrogen and oxygen atoms in total. The van der Waals surface area contributed by atoms with Gasteiger partial charge in [0.1, 0.15) is 6.04 Å². The molecule has 1 N–H and O–H groups in total. The zero-order valence-corrected chi connectivity index (χ0v) is 20.5. The van der Waals surface area contributed by atoms with Crippen LogP contribution in [0.4, 0.5) is 0 Å². The molecule has 5 heteroatoms. The number of carbonyl (C=O) groups excluding carboxylic acids is 2. The van der Waals surface area contributed by atoms with Gasteiger partial charge in [0.2, 0.25) is 11.8 Å². The highest BCUT2D eigenvalue weighted by molar-refractivity contribution is 5.88. The number of nitrogens with zero attached hydrogens (tertiary/aromatic N) is 2. The third kappa shape index (κ3) is 6.26. The monoisotopic (exact) mass is 459 g/mol. The van der Waals surface area contributed by atoms with Gasteiger partial charge in [-0.15, -0.1) is 0 Å². The molecule has 1 aliphatic rings. The van der Waals surface area contributed by atoms with Crippen molar-refractivity contribution in [3.63, 3.8) is 0 Å². The summed E-state index contributed by atoms with van der Waals surface area (Å²) in [5.74, 6) is 0.180. The number of hydrogen-bond donors (Lipinski definition) is 1. The predicted molar refractivity (Wildman–Crippen MR) is 135 cm³/mol. The van der Waals surface area contributed by atoms with E-state index in [1.54, 1.807) is 4.90 Å². The molecular formula is C29H37N3O2. The second-order valence-corrected chi connectivity index (χ2v) is 9.58. The molecule has 180 valence electrons. The molecule has 0 aliphatic carbocycles. The van der Waals surface area contributed by atoms with Crippen molar-refractivity contribution in [2.75, 3.05) is 13.1 Å². The Balaban J connectivity index is 1.48. The molecule has 1 aliphatic heterocycles. The number of unbranched alkanes of at least 4 members (excludes halogenated alkanes) is 1. The number of nitriles is 1. The summed E-state index contributed by atoms with van der Waals surface area (Å²) >= 11 is 0. The summed E-state index contributed by atoms with van der Waals surface area (Å²) in [5.41, 5.74) is 1.69. The number of amides is 2. The van der Waals surface area contributed by atoms with Gasteiger partial charge in [0, 0.05) is 19.5 Å². The molecule has 1 fully saturated rings. The van der Waals surface area contributed by atoms with Gasteiger partial charge in [-0.3, -0.25) is 9.59 Å². The topological polar surface area (TPSA) is 73.2 Å². The number of hydrogen-bond acceptors (Lipinski definition) is 3. The van der Waals surface area contributed by atoms with E-state index in [1.807, 2.05) is 48.5 Å². The molecule has 34 heavy (non-hydrogen) atoms. The lowest BCUT2D eigenvalue weighted by Crippen LogP contribution is -2.46. The third-order valence-electron chi connectivity index (χ3n) is 7.12. The number of likely N-dealkylation sites (tertiary alicyclic amines) is 1. The van der Waals surface area contributed by atoms with E-state index in [2.05, 4.69) is 37.4 Å². The van der Waals surface area contributed by atoms with Crippen molar-refractivity contribution >= 4 is 11.8 Å². The Bertz CT molecular complexity index is 968. The fraction of sp³-hybridized carbons (Fsp3) is 0.483. The summed E-state index contributed by atoms with van der Waals surface area (Å²) < 4.78 is 0. The predicted octanol–water partition coefficient (Wildman–Crippen LogP) is 5.01. The molecule has 0 spiro atoms. The van der Waals surface area contributed by atoms with Crippen LogP contribution >= 0.6 is 0 Å². The first kappa shape index (κ1) is 25.5. The lowest BCUT2D eigenvalue weighted by Gasteiger charge is -2.31. The van der Waals surface area contributed by atoms with Gasteiger partial charge in [-0.2, -0.15) is 5.26 Å². The van der Waals surface area contributed by atoms with E-state index < -0.39 is 5.41 Å². The second-order valence-electron chi connectivity index (χ2n) is 9.58. The maximum atomic E-state index is 12.9. The van der Waals surface area contributed by atoms with Gasteiger partial charge in [-0.05, 0) is 49.1 Å².